The smallest absolute Gasteiger partial charge is 0.246 e. The molecule has 3 amide bonds. The quantitative estimate of drug-likeness (QED) is 0.237. The lowest BCUT2D eigenvalue weighted by Gasteiger charge is -2.38. The Labute approximate surface area is 315 Å². The molecule has 0 spiro atoms. The predicted octanol–water partition coefficient (Wildman–Crippen LogP) is 6.02. The van der Waals surface area contributed by atoms with Crippen LogP contribution in [-0.4, -0.2) is 95.0 Å². The maximum Gasteiger partial charge on any atom is 0.246 e. The molecule has 5 atom stereocenters. The lowest BCUT2D eigenvalue weighted by atomic mass is 9.67. The molecule has 7 rings (SSSR count). The number of hydrogen-bond acceptors (Lipinski definition) is 5. The van der Waals surface area contributed by atoms with Crippen LogP contribution in [0, 0.1) is 17.3 Å². The molecule has 1 aliphatic carbocycles. The molecule has 4 fully saturated rings. The molecule has 0 radical (unpaired) electrons. The summed E-state index contributed by atoms with van der Waals surface area (Å²) in [5.41, 5.74) is 2.53. The monoisotopic (exact) mass is 718 g/mol. The average molecular weight is 719 g/mol. The number of β-amino-alcohol motifs (C(OH)–C–C–N with tert-alkyl or cyclic N) is 1. The van der Waals surface area contributed by atoms with Crippen molar-refractivity contribution < 1.29 is 19.5 Å². The third-order valence-electron chi connectivity index (χ3n) is 13.1. The molecule has 3 aromatic carbocycles. The van der Waals surface area contributed by atoms with Crippen LogP contribution in [0.1, 0.15) is 88.3 Å². The van der Waals surface area contributed by atoms with Crippen molar-refractivity contribution in [3.63, 3.8) is 0 Å². The van der Waals surface area contributed by atoms with Gasteiger partial charge in [0.2, 0.25) is 17.7 Å². The second-order valence-electron chi connectivity index (χ2n) is 16.9. The molecule has 3 saturated heterocycles. The van der Waals surface area contributed by atoms with Crippen LogP contribution in [0.15, 0.2) is 91.0 Å². The van der Waals surface area contributed by atoms with Gasteiger partial charge in [0.05, 0.1) is 11.5 Å². The van der Waals surface area contributed by atoms with Crippen molar-refractivity contribution in [3.05, 3.63) is 108 Å². The molecule has 4 aliphatic rings. The summed E-state index contributed by atoms with van der Waals surface area (Å²) >= 11 is 0. The molecule has 1 saturated carbocycles. The number of amides is 3. The van der Waals surface area contributed by atoms with E-state index in [0.717, 1.165) is 61.5 Å². The summed E-state index contributed by atoms with van der Waals surface area (Å²) in [5.74, 6) is 0.609. The van der Waals surface area contributed by atoms with Crippen LogP contribution in [0.3, 0.4) is 0 Å². The Morgan fingerprint density at radius 1 is 0.755 bits per heavy atom. The van der Waals surface area contributed by atoms with E-state index in [4.69, 9.17) is 0 Å². The average Bonchev–Trinajstić information content (AvgIpc) is 3.92. The van der Waals surface area contributed by atoms with Crippen LogP contribution in [-0.2, 0) is 19.8 Å². The standard InChI is InChI=1S/C45H58N4O4/c1-44(2)24-12-22-37(44)31-47-25-13-15-33(30-47)29-46-42(52)39-23-14-26-48(39)43(53)40-27-38(50)32-49(40)41(51)28-45(34-16-6-3-7-17-34,35-18-8-4-9-19-35)36-20-10-5-11-21-36/h3-11,16-21,33,37-40,50H,12-15,22-32H2,1-2H3,(H,46,52)/t33-,37?,38+,39+,40-/m0/s1. The highest BCUT2D eigenvalue weighted by atomic mass is 16.3. The molecule has 1 unspecified atom stereocenters. The minimum Gasteiger partial charge on any atom is -0.391 e. The largest absolute Gasteiger partial charge is 0.391 e. The summed E-state index contributed by atoms with van der Waals surface area (Å²) in [5, 5.41) is 14.2. The number of likely N-dealkylation sites (tertiary alicyclic amines) is 3. The van der Waals surface area contributed by atoms with Crippen molar-refractivity contribution in [2.75, 3.05) is 39.3 Å². The van der Waals surface area contributed by atoms with Gasteiger partial charge in [0.1, 0.15) is 12.1 Å². The number of hydrogen-bond donors (Lipinski definition) is 2. The zero-order chi connectivity index (χ0) is 37.0. The van der Waals surface area contributed by atoms with E-state index in [1.807, 2.05) is 54.6 Å². The van der Waals surface area contributed by atoms with Gasteiger partial charge in [0.25, 0.3) is 0 Å². The fourth-order valence-corrected chi connectivity index (χ4v) is 10.0. The van der Waals surface area contributed by atoms with Crippen LogP contribution in [0.4, 0.5) is 0 Å². The highest BCUT2D eigenvalue weighted by Crippen LogP contribution is 2.44. The number of rotatable bonds is 11. The number of carbonyl (C=O) groups excluding carboxylic acids is 3. The Morgan fingerprint density at radius 2 is 1.36 bits per heavy atom. The SMILES string of the molecule is CC1(C)CCCC1CN1CCC[C@@H](CNC(=O)[C@H]2CCCN2C(=O)[C@@H]2C[C@@H](O)CN2C(=O)CC(c2ccccc2)(c2ccccc2)c2ccccc2)C1. The first kappa shape index (κ1) is 37.3. The molecule has 53 heavy (non-hydrogen) atoms. The van der Waals surface area contributed by atoms with Crippen LogP contribution in [0.5, 0.6) is 0 Å². The van der Waals surface area contributed by atoms with Crippen LogP contribution in [0.2, 0.25) is 0 Å². The first-order chi connectivity index (χ1) is 25.7. The first-order valence-electron chi connectivity index (χ1n) is 20.1. The van der Waals surface area contributed by atoms with Gasteiger partial charge in [-0.25, -0.2) is 0 Å². The van der Waals surface area contributed by atoms with Crippen LogP contribution < -0.4 is 5.32 Å². The number of aliphatic hydroxyl groups excluding tert-OH is 1. The fourth-order valence-electron chi connectivity index (χ4n) is 10.0. The molecule has 8 nitrogen and oxygen atoms in total. The first-order valence-corrected chi connectivity index (χ1v) is 20.1. The molecule has 2 N–H and O–H groups in total. The molecule has 282 valence electrons. The Bertz CT molecular complexity index is 1600. The van der Waals surface area contributed by atoms with Crippen LogP contribution in [0.25, 0.3) is 0 Å². The highest BCUT2D eigenvalue weighted by Gasteiger charge is 2.47. The van der Waals surface area contributed by atoms with Gasteiger partial charge in [0, 0.05) is 45.6 Å². The molecular weight excluding hydrogens is 661 g/mol. The number of piperidine rings is 1. The Balaban J connectivity index is 1.05. The normalized spacial score (nSPS) is 26.1. The molecule has 3 heterocycles. The van der Waals surface area contributed by atoms with Gasteiger partial charge in [-0.05, 0) is 79.0 Å². The number of carbonyl (C=O) groups is 3. The highest BCUT2D eigenvalue weighted by molar-refractivity contribution is 5.93. The molecule has 8 heteroatoms. The summed E-state index contributed by atoms with van der Waals surface area (Å²) in [6.07, 6.45) is 6.97. The lowest BCUT2D eigenvalue weighted by molar-refractivity contribution is -0.146. The van der Waals surface area contributed by atoms with Crippen molar-refractivity contribution in [2.24, 2.45) is 17.3 Å². The van der Waals surface area contributed by atoms with E-state index in [1.165, 1.54) is 19.3 Å². The van der Waals surface area contributed by atoms with Gasteiger partial charge >= 0.3 is 0 Å². The minimum atomic E-state index is -0.822. The third-order valence-corrected chi connectivity index (χ3v) is 13.1. The summed E-state index contributed by atoms with van der Waals surface area (Å²) in [4.78, 5) is 48.7. The minimum absolute atomic E-state index is 0.0854. The van der Waals surface area contributed by atoms with Crippen molar-refractivity contribution in [1.29, 1.82) is 0 Å². The topological polar surface area (TPSA) is 93.2 Å². The molecule has 0 aromatic heterocycles. The number of aliphatic hydroxyl groups is 1. The van der Waals surface area contributed by atoms with Gasteiger partial charge < -0.3 is 25.1 Å². The second-order valence-corrected chi connectivity index (χ2v) is 16.9. The zero-order valence-electron chi connectivity index (χ0n) is 31.7. The third kappa shape index (κ3) is 7.95. The lowest BCUT2D eigenvalue weighted by Crippen LogP contribution is -2.54. The second kappa shape index (κ2) is 16.2. The van der Waals surface area contributed by atoms with E-state index in [0.29, 0.717) is 30.8 Å². The Morgan fingerprint density at radius 3 is 1.94 bits per heavy atom. The van der Waals surface area contributed by atoms with Gasteiger partial charge in [-0.1, -0.05) is 111 Å². The predicted molar refractivity (Wildman–Crippen MR) is 208 cm³/mol. The van der Waals surface area contributed by atoms with Gasteiger partial charge in [-0.15, -0.1) is 0 Å². The molecule has 0 bridgehead atoms. The summed E-state index contributed by atoms with van der Waals surface area (Å²) in [6, 6.07) is 28.8. The maximum absolute atomic E-state index is 14.7. The van der Waals surface area contributed by atoms with Crippen LogP contribution >= 0.6 is 0 Å². The van der Waals surface area contributed by atoms with Crippen molar-refractivity contribution in [1.82, 2.24) is 20.0 Å². The van der Waals surface area contributed by atoms with Crippen molar-refractivity contribution >= 4 is 17.7 Å². The van der Waals surface area contributed by atoms with E-state index in [1.54, 1.807) is 9.80 Å². The maximum atomic E-state index is 14.7. The van der Waals surface area contributed by atoms with Crippen molar-refractivity contribution in [2.45, 2.75) is 95.2 Å². The number of nitrogens with one attached hydrogen (secondary N) is 1. The number of benzene rings is 3. The number of nitrogens with zero attached hydrogens (tertiary/aromatic N) is 3. The van der Waals surface area contributed by atoms with Gasteiger partial charge in [-0.2, -0.15) is 0 Å². The van der Waals surface area contributed by atoms with E-state index < -0.39 is 23.6 Å². The van der Waals surface area contributed by atoms with E-state index in [2.05, 4.69) is 60.5 Å². The van der Waals surface area contributed by atoms with Gasteiger partial charge in [-0.3, -0.25) is 14.4 Å². The Kier molecular flexibility index (Phi) is 11.4. The Hall–Kier alpha value is -4.01. The molecule has 3 aliphatic heterocycles. The summed E-state index contributed by atoms with van der Waals surface area (Å²) < 4.78 is 0. The molecule has 3 aromatic rings. The van der Waals surface area contributed by atoms with E-state index in [-0.39, 0.29) is 37.1 Å². The summed E-state index contributed by atoms with van der Waals surface area (Å²) in [6.45, 7) is 9.29. The van der Waals surface area contributed by atoms with E-state index in [9.17, 15) is 19.5 Å². The zero-order valence-corrected chi connectivity index (χ0v) is 31.7. The van der Waals surface area contributed by atoms with Crippen molar-refractivity contribution in [3.8, 4) is 0 Å². The van der Waals surface area contributed by atoms with Gasteiger partial charge in [0.15, 0.2) is 0 Å². The summed E-state index contributed by atoms with van der Waals surface area (Å²) in [7, 11) is 0. The van der Waals surface area contributed by atoms with E-state index >= 15 is 0 Å². The fraction of sp³-hybridized carbons (Fsp3) is 0.533. The molecular formula is C45H58N4O4.